The Labute approximate surface area is 133 Å². The maximum Gasteiger partial charge on any atom is 0.175 e. The number of nitrogen functional groups attached to an aromatic ring is 1. The summed E-state index contributed by atoms with van der Waals surface area (Å²) in [7, 11) is 0. The van der Waals surface area contributed by atoms with Gasteiger partial charge in [0, 0.05) is 11.5 Å². The van der Waals surface area contributed by atoms with E-state index in [1.54, 1.807) is 0 Å². The van der Waals surface area contributed by atoms with Crippen LogP contribution in [-0.4, -0.2) is 5.16 Å². The van der Waals surface area contributed by atoms with Gasteiger partial charge >= 0.3 is 0 Å². The highest BCUT2D eigenvalue weighted by Crippen LogP contribution is 2.63. The van der Waals surface area contributed by atoms with Crippen LogP contribution in [0.5, 0.6) is 0 Å². The van der Waals surface area contributed by atoms with Crippen molar-refractivity contribution < 1.29 is 4.52 Å². The molecule has 2 saturated carbocycles. The summed E-state index contributed by atoms with van der Waals surface area (Å²) < 4.78 is 5.58. The molecule has 2 fully saturated rings. The van der Waals surface area contributed by atoms with Gasteiger partial charge in [-0.15, -0.1) is 0 Å². The van der Waals surface area contributed by atoms with Gasteiger partial charge in [-0.1, -0.05) is 47.3 Å². The van der Waals surface area contributed by atoms with E-state index < -0.39 is 0 Å². The Kier molecular flexibility index (Phi) is 3.16. The number of fused-ring (bicyclic) bond motifs is 1. The summed E-state index contributed by atoms with van der Waals surface area (Å²) >= 11 is 12.7. The van der Waals surface area contributed by atoms with Crippen molar-refractivity contribution in [1.29, 1.82) is 0 Å². The van der Waals surface area contributed by atoms with Crippen LogP contribution in [0.15, 0.2) is 22.7 Å². The highest BCUT2D eigenvalue weighted by atomic mass is 35.5. The summed E-state index contributed by atoms with van der Waals surface area (Å²) in [5.41, 5.74) is 7.59. The Bertz CT molecular complexity index is 665. The van der Waals surface area contributed by atoms with Crippen molar-refractivity contribution >= 4 is 29.0 Å². The number of nitrogens with zero attached hydrogens (tertiary/aromatic N) is 1. The number of hydrogen-bond acceptors (Lipinski definition) is 3. The van der Waals surface area contributed by atoms with Crippen LogP contribution >= 0.6 is 23.2 Å². The quantitative estimate of drug-likeness (QED) is 0.833. The van der Waals surface area contributed by atoms with Crippen LogP contribution in [0.4, 0.5) is 5.82 Å². The first-order valence-electron chi connectivity index (χ1n) is 7.38. The van der Waals surface area contributed by atoms with Gasteiger partial charge in [0.2, 0.25) is 0 Å². The molecular weight excluding hydrogens is 307 g/mol. The zero-order valence-corrected chi connectivity index (χ0v) is 13.0. The normalized spacial score (nSPS) is 27.4. The number of halogens is 2. The third-order valence-electron chi connectivity index (χ3n) is 4.92. The molecule has 0 saturated heterocycles. The van der Waals surface area contributed by atoms with Crippen molar-refractivity contribution in [2.24, 2.45) is 11.8 Å². The molecule has 0 amide bonds. The molecular formula is C16H16Cl2N2O. The molecule has 1 aromatic carbocycles. The number of rotatable bonds is 2. The molecule has 1 aromatic heterocycles. The molecule has 2 atom stereocenters. The average Bonchev–Trinajstić information content (AvgIpc) is 3.09. The molecule has 5 heteroatoms. The van der Waals surface area contributed by atoms with Gasteiger partial charge in [-0.2, -0.15) is 0 Å². The number of anilines is 1. The van der Waals surface area contributed by atoms with E-state index in [4.69, 9.17) is 33.5 Å². The van der Waals surface area contributed by atoms with E-state index in [1.165, 1.54) is 25.7 Å². The van der Waals surface area contributed by atoms with E-state index in [0.717, 1.165) is 16.9 Å². The minimum Gasteiger partial charge on any atom is -0.380 e. The van der Waals surface area contributed by atoms with Crippen molar-refractivity contribution in [3.63, 3.8) is 0 Å². The van der Waals surface area contributed by atoms with Gasteiger partial charge in [-0.25, -0.2) is 0 Å². The minimum absolute atomic E-state index is 0.378. The second-order valence-corrected chi connectivity index (χ2v) is 6.86. The topological polar surface area (TPSA) is 52.0 Å². The van der Waals surface area contributed by atoms with E-state index >= 15 is 0 Å². The van der Waals surface area contributed by atoms with Crippen LogP contribution in [-0.2, 0) is 0 Å². The SMILES string of the molecule is Nc1noc(C2C3CCCCC32)c1-c1c(Cl)cccc1Cl. The standard InChI is InChI=1S/C16H16Cl2N2O/c17-10-6-3-7-11(18)13(10)14-15(21-20-16(14)19)12-8-4-1-2-5-9(8)12/h3,6-9,12H,1-2,4-5H2,(H2,19,20). The molecule has 2 unspecified atom stereocenters. The summed E-state index contributed by atoms with van der Waals surface area (Å²) in [5, 5.41) is 5.15. The largest absolute Gasteiger partial charge is 0.380 e. The van der Waals surface area contributed by atoms with Gasteiger partial charge in [0.25, 0.3) is 0 Å². The summed E-state index contributed by atoms with van der Waals surface area (Å²) in [6.07, 6.45) is 5.16. The van der Waals surface area contributed by atoms with Gasteiger partial charge in [-0.05, 0) is 36.8 Å². The third kappa shape index (κ3) is 2.06. The van der Waals surface area contributed by atoms with Gasteiger partial charge < -0.3 is 10.3 Å². The monoisotopic (exact) mass is 322 g/mol. The Morgan fingerprint density at radius 3 is 2.29 bits per heavy atom. The fourth-order valence-electron chi connectivity index (χ4n) is 3.91. The van der Waals surface area contributed by atoms with Crippen LogP contribution in [0.25, 0.3) is 11.1 Å². The molecule has 1 heterocycles. The zero-order chi connectivity index (χ0) is 14.6. The molecule has 0 radical (unpaired) electrons. The first-order valence-corrected chi connectivity index (χ1v) is 8.13. The predicted molar refractivity (Wildman–Crippen MR) is 84.6 cm³/mol. The predicted octanol–water partition coefficient (Wildman–Crippen LogP) is 5.13. The lowest BCUT2D eigenvalue weighted by molar-refractivity contribution is 0.381. The van der Waals surface area contributed by atoms with Gasteiger partial charge in [-0.3, -0.25) is 0 Å². The van der Waals surface area contributed by atoms with Gasteiger partial charge in [0.05, 0.1) is 15.6 Å². The Morgan fingerprint density at radius 2 is 1.67 bits per heavy atom. The van der Waals surface area contributed by atoms with E-state index in [-0.39, 0.29) is 0 Å². The molecule has 2 aliphatic carbocycles. The Balaban J connectivity index is 1.82. The van der Waals surface area contributed by atoms with Crippen LogP contribution in [0, 0.1) is 11.8 Å². The van der Waals surface area contributed by atoms with Crippen LogP contribution in [0.3, 0.4) is 0 Å². The smallest absolute Gasteiger partial charge is 0.175 e. The van der Waals surface area contributed by atoms with Gasteiger partial charge in [0.15, 0.2) is 11.6 Å². The zero-order valence-electron chi connectivity index (χ0n) is 11.5. The van der Waals surface area contributed by atoms with Crippen LogP contribution in [0.1, 0.15) is 37.4 Å². The van der Waals surface area contributed by atoms with Crippen LogP contribution in [0.2, 0.25) is 10.0 Å². The number of hydrogen-bond donors (Lipinski definition) is 1. The molecule has 0 aliphatic heterocycles. The van der Waals surface area contributed by atoms with E-state index in [1.807, 2.05) is 18.2 Å². The molecule has 2 N–H and O–H groups in total. The van der Waals surface area contributed by atoms with Crippen molar-refractivity contribution in [3.05, 3.63) is 34.0 Å². The number of aromatic nitrogens is 1. The molecule has 0 bridgehead atoms. The van der Waals surface area contributed by atoms with Gasteiger partial charge in [0.1, 0.15) is 0 Å². The first kappa shape index (κ1) is 13.5. The summed E-state index contributed by atoms with van der Waals surface area (Å²) in [6, 6.07) is 5.46. The van der Waals surface area contributed by atoms with E-state index in [9.17, 15) is 0 Å². The number of benzene rings is 1. The molecule has 0 spiro atoms. The van der Waals surface area contributed by atoms with Crippen molar-refractivity contribution in [1.82, 2.24) is 5.16 Å². The highest BCUT2D eigenvalue weighted by molar-refractivity contribution is 6.39. The van der Waals surface area contributed by atoms with Crippen molar-refractivity contribution in [2.45, 2.75) is 31.6 Å². The van der Waals surface area contributed by atoms with Crippen molar-refractivity contribution in [2.75, 3.05) is 5.73 Å². The Morgan fingerprint density at radius 1 is 1.05 bits per heavy atom. The summed E-state index contributed by atoms with van der Waals surface area (Å²) in [5.74, 6) is 3.11. The fraction of sp³-hybridized carbons (Fsp3) is 0.438. The Hall–Kier alpha value is -1.19. The maximum atomic E-state index is 6.33. The third-order valence-corrected chi connectivity index (χ3v) is 5.55. The molecule has 2 aliphatic rings. The number of nitrogens with two attached hydrogens (primary N) is 1. The fourth-order valence-corrected chi connectivity index (χ4v) is 4.50. The molecule has 110 valence electrons. The molecule has 21 heavy (non-hydrogen) atoms. The lowest BCUT2D eigenvalue weighted by Crippen LogP contribution is -1.92. The highest BCUT2D eigenvalue weighted by Gasteiger charge is 2.54. The van der Waals surface area contributed by atoms with Crippen molar-refractivity contribution in [3.8, 4) is 11.1 Å². The maximum absolute atomic E-state index is 6.33. The molecule has 2 aromatic rings. The molecule has 4 rings (SSSR count). The lowest BCUT2D eigenvalue weighted by Gasteiger charge is -2.07. The second-order valence-electron chi connectivity index (χ2n) is 6.04. The van der Waals surface area contributed by atoms with Crippen LogP contribution < -0.4 is 5.73 Å². The molecule has 3 nitrogen and oxygen atoms in total. The second kappa shape index (κ2) is 4.92. The summed E-state index contributed by atoms with van der Waals surface area (Å²) in [4.78, 5) is 0. The lowest BCUT2D eigenvalue weighted by atomic mass is 10.0. The van der Waals surface area contributed by atoms with E-state index in [0.29, 0.717) is 33.6 Å². The van der Waals surface area contributed by atoms with E-state index in [2.05, 4.69) is 5.16 Å². The first-order chi connectivity index (χ1) is 10.2. The summed E-state index contributed by atoms with van der Waals surface area (Å²) in [6.45, 7) is 0. The average molecular weight is 323 g/mol. The minimum atomic E-state index is 0.378.